The van der Waals surface area contributed by atoms with Gasteiger partial charge in [0.1, 0.15) is 12.2 Å². The van der Waals surface area contributed by atoms with Crippen LogP contribution in [0.3, 0.4) is 0 Å². The lowest BCUT2D eigenvalue weighted by molar-refractivity contribution is 1.09. The number of hydrogen-bond acceptors (Lipinski definition) is 3. The van der Waals surface area contributed by atoms with Crippen molar-refractivity contribution in [2.24, 2.45) is 0 Å². The van der Waals surface area contributed by atoms with E-state index < -0.39 is 0 Å². The van der Waals surface area contributed by atoms with Gasteiger partial charge in [0.05, 0.1) is 33.1 Å². The Labute approximate surface area is 374 Å². The molecule has 0 fully saturated rings. The van der Waals surface area contributed by atoms with E-state index in [1.165, 1.54) is 60.3 Å². The SMILES string of the molecule is c1ccc(-c2ccc(-n3c4ccccc4c4cc(-c5ccc6c(c5)c5ccccc5n6-c5ccc(-n6c(-c7ccc(-c8cncnc8)cc7)nc7ccccc76)cc5)ccc43)cc2)cc1. The van der Waals surface area contributed by atoms with Gasteiger partial charge >= 0.3 is 0 Å². The summed E-state index contributed by atoms with van der Waals surface area (Å²) in [5.74, 6) is 0.888. The molecule has 13 rings (SSSR count). The first-order valence-electron chi connectivity index (χ1n) is 21.9. The van der Waals surface area contributed by atoms with E-state index in [0.717, 1.165) is 56.1 Å². The quantitative estimate of drug-likeness (QED) is 0.161. The van der Waals surface area contributed by atoms with Crippen LogP contribution in [0.25, 0.3) is 116 Å². The third-order valence-corrected chi connectivity index (χ3v) is 12.9. The van der Waals surface area contributed by atoms with Gasteiger partial charge in [0.25, 0.3) is 0 Å². The van der Waals surface area contributed by atoms with Gasteiger partial charge in [-0.05, 0) is 113 Å². The highest BCUT2D eigenvalue weighted by Gasteiger charge is 2.18. The molecule has 65 heavy (non-hydrogen) atoms. The van der Waals surface area contributed by atoms with Crippen LogP contribution in [0.15, 0.2) is 231 Å². The standard InChI is InChI=1S/C59H38N6/c1-2-10-39(11-3-1)40-22-26-46(27-23-40)63-54-15-7-4-12-49(54)51-34-43(24-32-56(51)63)44-25-33-57-52(35-44)50-13-5-8-16-55(50)64(57)47-28-30-48(31-29-47)65-58-17-9-6-14-53(58)62-59(65)42-20-18-41(19-21-42)45-36-60-38-61-37-45/h1-38H. The zero-order valence-electron chi connectivity index (χ0n) is 35.1. The summed E-state index contributed by atoms with van der Waals surface area (Å²) in [5.41, 5.74) is 17.9. The van der Waals surface area contributed by atoms with Crippen molar-refractivity contribution in [2.45, 2.75) is 0 Å². The van der Waals surface area contributed by atoms with Gasteiger partial charge in [-0.2, -0.15) is 0 Å². The highest BCUT2D eigenvalue weighted by atomic mass is 15.1. The van der Waals surface area contributed by atoms with Gasteiger partial charge in [-0.25, -0.2) is 15.0 Å². The van der Waals surface area contributed by atoms with Crippen molar-refractivity contribution in [2.75, 3.05) is 0 Å². The molecule has 0 atom stereocenters. The predicted molar refractivity (Wildman–Crippen MR) is 267 cm³/mol. The highest BCUT2D eigenvalue weighted by Crippen LogP contribution is 2.39. The Hall–Kier alpha value is -8.87. The van der Waals surface area contributed by atoms with Crippen molar-refractivity contribution in [3.05, 3.63) is 231 Å². The fourth-order valence-electron chi connectivity index (χ4n) is 9.79. The second kappa shape index (κ2) is 14.9. The van der Waals surface area contributed by atoms with Crippen molar-refractivity contribution in [1.29, 1.82) is 0 Å². The molecule has 4 heterocycles. The lowest BCUT2D eigenvalue weighted by Crippen LogP contribution is -1.99. The van der Waals surface area contributed by atoms with Crippen LogP contribution < -0.4 is 0 Å². The van der Waals surface area contributed by atoms with Gasteiger partial charge in [0.2, 0.25) is 0 Å². The van der Waals surface area contributed by atoms with Crippen LogP contribution in [-0.2, 0) is 0 Å². The van der Waals surface area contributed by atoms with E-state index in [2.05, 4.69) is 230 Å². The number of hydrogen-bond donors (Lipinski definition) is 0. The summed E-state index contributed by atoms with van der Waals surface area (Å²) in [7, 11) is 0. The van der Waals surface area contributed by atoms with Gasteiger partial charge in [-0.3, -0.25) is 4.57 Å². The first-order valence-corrected chi connectivity index (χ1v) is 21.9. The van der Waals surface area contributed by atoms with Crippen LogP contribution in [0.5, 0.6) is 0 Å². The van der Waals surface area contributed by atoms with Gasteiger partial charge in [-0.15, -0.1) is 0 Å². The molecule has 4 aromatic heterocycles. The summed E-state index contributed by atoms with van der Waals surface area (Å²) in [5, 5.41) is 4.92. The number of nitrogens with zero attached hydrogens (tertiary/aromatic N) is 6. The Balaban J connectivity index is 0.878. The minimum Gasteiger partial charge on any atom is -0.309 e. The molecular formula is C59H38N6. The molecule has 0 aliphatic rings. The summed E-state index contributed by atoms with van der Waals surface area (Å²) in [6, 6.07) is 76.5. The molecule has 0 N–H and O–H groups in total. The van der Waals surface area contributed by atoms with Crippen molar-refractivity contribution >= 4 is 54.6 Å². The van der Waals surface area contributed by atoms with Gasteiger partial charge in [0.15, 0.2) is 0 Å². The van der Waals surface area contributed by atoms with Gasteiger partial charge < -0.3 is 9.13 Å². The zero-order valence-corrected chi connectivity index (χ0v) is 35.1. The topological polar surface area (TPSA) is 53.5 Å². The minimum atomic E-state index is 0.888. The second-order valence-electron chi connectivity index (χ2n) is 16.6. The van der Waals surface area contributed by atoms with Crippen LogP contribution in [0.2, 0.25) is 0 Å². The molecule has 0 saturated carbocycles. The van der Waals surface area contributed by atoms with Crippen LogP contribution in [0.4, 0.5) is 0 Å². The molecule has 6 heteroatoms. The summed E-state index contributed by atoms with van der Waals surface area (Å²) in [6.45, 7) is 0. The summed E-state index contributed by atoms with van der Waals surface area (Å²) in [6.07, 6.45) is 5.23. The van der Waals surface area contributed by atoms with Crippen LogP contribution in [0, 0.1) is 0 Å². The molecule has 0 unspecified atom stereocenters. The summed E-state index contributed by atoms with van der Waals surface area (Å²) in [4.78, 5) is 13.5. The summed E-state index contributed by atoms with van der Waals surface area (Å²) < 4.78 is 7.03. The zero-order chi connectivity index (χ0) is 42.8. The van der Waals surface area contributed by atoms with Gasteiger partial charge in [-0.1, -0.05) is 127 Å². The van der Waals surface area contributed by atoms with Crippen molar-refractivity contribution in [1.82, 2.24) is 28.7 Å². The fourth-order valence-corrected chi connectivity index (χ4v) is 9.79. The van der Waals surface area contributed by atoms with E-state index in [1.54, 1.807) is 6.33 Å². The van der Waals surface area contributed by atoms with E-state index >= 15 is 0 Å². The van der Waals surface area contributed by atoms with Crippen LogP contribution >= 0.6 is 0 Å². The lowest BCUT2D eigenvalue weighted by Gasteiger charge is -2.13. The Morgan fingerprint density at radius 2 is 0.692 bits per heavy atom. The largest absolute Gasteiger partial charge is 0.309 e. The second-order valence-corrected chi connectivity index (χ2v) is 16.6. The first-order chi connectivity index (χ1) is 32.2. The Bertz CT molecular complexity index is 3900. The predicted octanol–water partition coefficient (Wildman–Crippen LogP) is 14.7. The smallest absolute Gasteiger partial charge is 0.145 e. The van der Waals surface area contributed by atoms with Crippen molar-refractivity contribution in [3.8, 4) is 61.8 Å². The van der Waals surface area contributed by atoms with E-state index in [4.69, 9.17) is 4.98 Å². The molecule has 0 bridgehead atoms. The number of aromatic nitrogens is 6. The van der Waals surface area contributed by atoms with E-state index in [-0.39, 0.29) is 0 Å². The summed E-state index contributed by atoms with van der Waals surface area (Å²) >= 11 is 0. The number of rotatable bonds is 7. The minimum absolute atomic E-state index is 0.888. The molecule has 13 aromatic rings. The van der Waals surface area contributed by atoms with E-state index in [1.807, 2.05) is 18.5 Å². The molecule has 9 aromatic carbocycles. The average Bonchev–Trinajstić information content (AvgIpc) is 4.05. The molecule has 0 spiro atoms. The Morgan fingerprint density at radius 3 is 1.29 bits per heavy atom. The number of para-hydroxylation sites is 4. The third-order valence-electron chi connectivity index (χ3n) is 12.9. The average molecular weight is 831 g/mol. The molecule has 0 radical (unpaired) electrons. The molecular weight excluding hydrogens is 793 g/mol. The maximum atomic E-state index is 5.14. The molecule has 6 nitrogen and oxygen atoms in total. The van der Waals surface area contributed by atoms with E-state index in [9.17, 15) is 0 Å². The molecule has 0 amide bonds. The molecule has 304 valence electrons. The maximum absolute atomic E-state index is 5.14. The lowest BCUT2D eigenvalue weighted by atomic mass is 10.0. The van der Waals surface area contributed by atoms with Crippen LogP contribution in [-0.4, -0.2) is 28.7 Å². The fraction of sp³-hybridized carbons (Fsp3) is 0. The van der Waals surface area contributed by atoms with Crippen molar-refractivity contribution in [3.63, 3.8) is 0 Å². The molecule has 0 saturated heterocycles. The third kappa shape index (κ3) is 6.07. The first kappa shape index (κ1) is 36.8. The number of benzene rings is 9. The van der Waals surface area contributed by atoms with Crippen molar-refractivity contribution < 1.29 is 0 Å². The Kier molecular flexibility index (Phi) is 8.42. The molecule has 0 aliphatic heterocycles. The van der Waals surface area contributed by atoms with Gasteiger partial charge in [0, 0.05) is 62.1 Å². The monoisotopic (exact) mass is 830 g/mol. The number of imidazole rings is 1. The molecule has 0 aliphatic carbocycles. The maximum Gasteiger partial charge on any atom is 0.145 e. The van der Waals surface area contributed by atoms with E-state index in [0.29, 0.717) is 0 Å². The van der Waals surface area contributed by atoms with Crippen LogP contribution in [0.1, 0.15) is 0 Å². The highest BCUT2D eigenvalue weighted by molar-refractivity contribution is 6.12. The Morgan fingerprint density at radius 1 is 0.277 bits per heavy atom. The number of fused-ring (bicyclic) bond motifs is 7. The normalized spacial score (nSPS) is 11.7.